The number of methoxy groups -OCH3 is 2. The minimum absolute atomic E-state index is 0.188. The summed E-state index contributed by atoms with van der Waals surface area (Å²) in [5.74, 6) is 0.267. The zero-order valence-electron chi connectivity index (χ0n) is 12.2. The second kappa shape index (κ2) is 6.17. The van der Waals surface area contributed by atoms with Gasteiger partial charge in [0.15, 0.2) is 0 Å². The van der Waals surface area contributed by atoms with E-state index < -0.39 is 5.97 Å². The van der Waals surface area contributed by atoms with Crippen molar-refractivity contribution in [1.82, 2.24) is 0 Å². The Morgan fingerprint density at radius 1 is 1.00 bits per heavy atom. The molecule has 0 aliphatic carbocycles. The summed E-state index contributed by atoms with van der Waals surface area (Å²) in [6.45, 7) is 0. The van der Waals surface area contributed by atoms with Crippen LogP contribution in [0.25, 0.3) is 0 Å². The monoisotopic (exact) mass is 287 g/mol. The highest BCUT2D eigenvalue weighted by molar-refractivity contribution is 5.96. The fourth-order valence-corrected chi connectivity index (χ4v) is 2.05. The van der Waals surface area contributed by atoms with E-state index in [9.17, 15) is 9.90 Å². The molecule has 0 saturated heterocycles. The second-order valence-corrected chi connectivity index (χ2v) is 4.45. The maximum Gasteiger partial charge on any atom is 0.337 e. The van der Waals surface area contributed by atoms with Gasteiger partial charge in [-0.25, -0.2) is 4.79 Å². The van der Waals surface area contributed by atoms with Crippen LogP contribution in [0.3, 0.4) is 0 Å². The van der Waals surface area contributed by atoms with Crippen LogP contribution in [0.1, 0.15) is 10.4 Å². The highest BCUT2D eigenvalue weighted by atomic mass is 16.5. The van der Waals surface area contributed by atoms with Gasteiger partial charge in [-0.05, 0) is 42.5 Å². The molecular formula is C16H17NO4. The lowest BCUT2D eigenvalue weighted by Gasteiger charge is -2.22. The van der Waals surface area contributed by atoms with Crippen molar-refractivity contribution in [2.24, 2.45) is 0 Å². The molecule has 1 N–H and O–H groups in total. The number of carboxylic acids is 1. The number of ether oxygens (including phenoxy) is 2. The molecule has 5 heteroatoms. The Morgan fingerprint density at radius 3 is 2.10 bits per heavy atom. The van der Waals surface area contributed by atoms with E-state index in [-0.39, 0.29) is 5.56 Å². The van der Waals surface area contributed by atoms with Crippen LogP contribution in [-0.2, 0) is 0 Å². The summed E-state index contributed by atoms with van der Waals surface area (Å²) in [7, 11) is 4.93. The minimum atomic E-state index is -0.996. The van der Waals surface area contributed by atoms with Gasteiger partial charge >= 0.3 is 5.97 Å². The summed E-state index contributed by atoms with van der Waals surface area (Å²) in [6.07, 6.45) is 0. The first-order chi connectivity index (χ1) is 10.1. The predicted molar refractivity (Wildman–Crippen MR) is 81.0 cm³/mol. The molecule has 0 unspecified atom stereocenters. The van der Waals surface area contributed by atoms with E-state index in [1.54, 1.807) is 19.2 Å². The number of hydrogen-bond donors (Lipinski definition) is 1. The summed E-state index contributed by atoms with van der Waals surface area (Å²) in [5, 5.41) is 9.36. The third kappa shape index (κ3) is 3.08. The van der Waals surface area contributed by atoms with Crippen molar-refractivity contribution in [2.75, 3.05) is 26.2 Å². The number of carboxylic acid groups (broad SMARTS) is 1. The number of anilines is 2. The zero-order chi connectivity index (χ0) is 15.4. The molecule has 0 amide bonds. The van der Waals surface area contributed by atoms with Gasteiger partial charge in [0.25, 0.3) is 0 Å². The average molecular weight is 287 g/mol. The van der Waals surface area contributed by atoms with Crippen LogP contribution in [-0.4, -0.2) is 32.3 Å². The molecule has 0 radical (unpaired) electrons. The van der Waals surface area contributed by atoms with Gasteiger partial charge < -0.3 is 19.5 Å². The number of hydrogen-bond acceptors (Lipinski definition) is 4. The lowest BCUT2D eigenvalue weighted by Crippen LogP contribution is -2.14. The molecular weight excluding hydrogens is 270 g/mol. The highest BCUT2D eigenvalue weighted by Crippen LogP contribution is 2.30. The Bertz CT molecular complexity index is 637. The van der Waals surface area contributed by atoms with Crippen LogP contribution in [0.2, 0.25) is 0 Å². The van der Waals surface area contributed by atoms with Gasteiger partial charge in [-0.1, -0.05) is 0 Å². The van der Waals surface area contributed by atoms with Crippen LogP contribution in [0.4, 0.5) is 11.4 Å². The van der Waals surface area contributed by atoms with Crippen LogP contribution >= 0.6 is 0 Å². The molecule has 0 heterocycles. The summed E-state index contributed by atoms with van der Waals surface area (Å²) in [5.41, 5.74) is 1.64. The predicted octanol–water partition coefficient (Wildman–Crippen LogP) is 3.17. The second-order valence-electron chi connectivity index (χ2n) is 4.45. The summed E-state index contributed by atoms with van der Waals surface area (Å²) < 4.78 is 10.2. The molecule has 5 nitrogen and oxygen atoms in total. The number of nitrogens with zero attached hydrogens (tertiary/aromatic N) is 1. The molecule has 21 heavy (non-hydrogen) atoms. The zero-order valence-corrected chi connectivity index (χ0v) is 12.2. The normalized spacial score (nSPS) is 10.0. The van der Waals surface area contributed by atoms with Crippen molar-refractivity contribution >= 4 is 17.3 Å². The molecule has 0 aromatic heterocycles. The molecule has 0 bridgehead atoms. The molecule has 0 fully saturated rings. The van der Waals surface area contributed by atoms with Gasteiger partial charge in [-0.2, -0.15) is 0 Å². The van der Waals surface area contributed by atoms with E-state index in [1.165, 1.54) is 13.2 Å². The lowest BCUT2D eigenvalue weighted by atomic mass is 10.1. The first kappa shape index (κ1) is 14.7. The quantitative estimate of drug-likeness (QED) is 0.915. The van der Waals surface area contributed by atoms with Gasteiger partial charge in [-0.3, -0.25) is 0 Å². The van der Waals surface area contributed by atoms with Gasteiger partial charge in [0, 0.05) is 12.7 Å². The van der Waals surface area contributed by atoms with Gasteiger partial charge in [-0.15, -0.1) is 0 Å². The molecule has 0 spiro atoms. The van der Waals surface area contributed by atoms with Crippen molar-refractivity contribution in [3.63, 3.8) is 0 Å². The Balaban J connectivity index is 2.41. The van der Waals surface area contributed by atoms with Gasteiger partial charge in [0.05, 0.1) is 25.5 Å². The first-order valence-corrected chi connectivity index (χ1v) is 6.36. The Labute approximate surface area is 123 Å². The maximum atomic E-state index is 11.4. The van der Waals surface area contributed by atoms with E-state index in [1.807, 2.05) is 36.2 Å². The van der Waals surface area contributed by atoms with Gasteiger partial charge in [0.2, 0.25) is 0 Å². The first-order valence-electron chi connectivity index (χ1n) is 6.36. The molecule has 0 aliphatic rings. The average Bonchev–Trinajstić information content (AvgIpc) is 2.53. The van der Waals surface area contributed by atoms with Crippen molar-refractivity contribution in [2.45, 2.75) is 0 Å². The third-order valence-corrected chi connectivity index (χ3v) is 3.26. The minimum Gasteiger partial charge on any atom is -0.497 e. The van der Waals surface area contributed by atoms with Crippen LogP contribution in [0.5, 0.6) is 11.5 Å². The Hall–Kier alpha value is -2.69. The fraction of sp³-hybridized carbons (Fsp3) is 0.188. The molecule has 2 aromatic carbocycles. The highest BCUT2D eigenvalue weighted by Gasteiger charge is 2.16. The van der Waals surface area contributed by atoms with E-state index in [0.717, 1.165) is 11.4 Å². The van der Waals surface area contributed by atoms with Crippen molar-refractivity contribution < 1.29 is 19.4 Å². The maximum absolute atomic E-state index is 11.4. The standard InChI is InChI=1S/C16H17NO4/c1-17(11-4-6-12(20-2)7-5-11)15-9-8-13(21-3)10-14(15)16(18)19/h4-10H,1-3H3,(H,18,19). The molecule has 2 aromatic rings. The van der Waals surface area contributed by atoms with E-state index >= 15 is 0 Å². The molecule has 110 valence electrons. The fourth-order valence-electron chi connectivity index (χ4n) is 2.05. The van der Waals surface area contributed by atoms with Gasteiger partial charge in [0.1, 0.15) is 11.5 Å². The van der Waals surface area contributed by atoms with Crippen molar-refractivity contribution in [3.8, 4) is 11.5 Å². The number of aromatic carboxylic acids is 1. The Kier molecular flexibility index (Phi) is 4.33. The van der Waals surface area contributed by atoms with Crippen LogP contribution in [0.15, 0.2) is 42.5 Å². The van der Waals surface area contributed by atoms with Crippen LogP contribution in [0, 0.1) is 0 Å². The lowest BCUT2D eigenvalue weighted by molar-refractivity contribution is 0.0697. The largest absolute Gasteiger partial charge is 0.497 e. The Morgan fingerprint density at radius 2 is 1.57 bits per heavy atom. The summed E-state index contributed by atoms with van der Waals surface area (Å²) >= 11 is 0. The van der Waals surface area contributed by atoms with E-state index in [4.69, 9.17) is 9.47 Å². The number of benzene rings is 2. The molecule has 0 saturated carbocycles. The van der Waals surface area contributed by atoms with E-state index in [2.05, 4.69) is 0 Å². The third-order valence-electron chi connectivity index (χ3n) is 3.26. The van der Waals surface area contributed by atoms with Crippen molar-refractivity contribution in [3.05, 3.63) is 48.0 Å². The summed E-state index contributed by atoms with van der Waals surface area (Å²) in [6, 6.07) is 12.4. The smallest absolute Gasteiger partial charge is 0.337 e. The molecule has 0 atom stereocenters. The topological polar surface area (TPSA) is 59.0 Å². The molecule has 0 aliphatic heterocycles. The molecule has 2 rings (SSSR count). The van der Waals surface area contributed by atoms with Crippen LogP contribution < -0.4 is 14.4 Å². The SMILES string of the molecule is COc1ccc(N(C)c2ccc(OC)cc2C(=O)O)cc1. The number of rotatable bonds is 5. The van der Waals surface area contributed by atoms with Crippen molar-refractivity contribution in [1.29, 1.82) is 0 Å². The number of carbonyl (C=O) groups is 1. The summed E-state index contributed by atoms with van der Waals surface area (Å²) in [4.78, 5) is 13.2. The van der Waals surface area contributed by atoms with E-state index in [0.29, 0.717) is 11.4 Å².